The predicted molar refractivity (Wildman–Crippen MR) is 71.7 cm³/mol. The molecule has 0 N–H and O–H groups in total. The van der Waals surface area contributed by atoms with Crippen LogP contribution < -0.4 is 4.90 Å². The van der Waals surface area contributed by atoms with E-state index in [-0.39, 0.29) is 5.78 Å². The highest BCUT2D eigenvalue weighted by molar-refractivity contribution is 5.94. The van der Waals surface area contributed by atoms with Crippen LogP contribution in [-0.4, -0.2) is 23.9 Å². The Morgan fingerprint density at radius 3 is 2.53 bits per heavy atom. The van der Waals surface area contributed by atoms with Crippen molar-refractivity contribution in [3.05, 3.63) is 24.0 Å². The third-order valence-corrected chi connectivity index (χ3v) is 2.88. The fraction of sp³-hybridized carbons (Fsp3) is 0.571. The van der Waals surface area contributed by atoms with Gasteiger partial charge in [-0.15, -0.1) is 0 Å². The number of ketones is 1. The second-order valence-corrected chi connectivity index (χ2v) is 4.11. The molecule has 0 unspecified atom stereocenters. The summed E-state index contributed by atoms with van der Waals surface area (Å²) < 4.78 is 0. The first kappa shape index (κ1) is 13.7. The highest BCUT2D eigenvalue weighted by atomic mass is 16.1. The number of anilines is 1. The molecule has 1 heterocycles. The van der Waals surface area contributed by atoms with E-state index in [9.17, 15) is 4.79 Å². The summed E-state index contributed by atoms with van der Waals surface area (Å²) in [6.45, 7) is 8.21. The number of hydrogen-bond donors (Lipinski definition) is 0. The van der Waals surface area contributed by atoms with Gasteiger partial charge in [-0.1, -0.05) is 20.3 Å². The summed E-state index contributed by atoms with van der Waals surface area (Å²) in [4.78, 5) is 18.0. The molecule has 0 radical (unpaired) electrons. The standard InChI is InChI=1S/C14H22N2O/c1-4-7-10-16(6-3)12-8-9-13(15-11-12)14(17)5-2/h8-9,11H,4-7,10H2,1-3H3. The lowest BCUT2D eigenvalue weighted by atomic mass is 10.2. The molecule has 0 aliphatic rings. The zero-order valence-electron chi connectivity index (χ0n) is 11.1. The van der Waals surface area contributed by atoms with E-state index in [2.05, 4.69) is 23.7 Å². The lowest BCUT2D eigenvalue weighted by molar-refractivity contribution is 0.0983. The Labute approximate surface area is 104 Å². The predicted octanol–water partition coefficient (Wildman–Crippen LogP) is 3.30. The fourth-order valence-corrected chi connectivity index (χ4v) is 1.74. The second-order valence-electron chi connectivity index (χ2n) is 4.11. The van der Waals surface area contributed by atoms with Crippen LogP contribution >= 0.6 is 0 Å². The lowest BCUT2D eigenvalue weighted by Gasteiger charge is -2.22. The summed E-state index contributed by atoms with van der Waals surface area (Å²) >= 11 is 0. The van der Waals surface area contributed by atoms with Gasteiger partial charge in [0.2, 0.25) is 0 Å². The third kappa shape index (κ3) is 3.84. The van der Waals surface area contributed by atoms with E-state index in [1.54, 1.807) is 0 Å². The van der Waals surface area contributed by atoms with Gasteiger partial charge in [0.05, 0.1) is 11.9 Å². The first-order valence-corrected chi connectivity index (χ1v) is 6.47. The Morgan fingerprint density at radius 1 is 1.29 bits per heavy atom. The molecule has 3 nitrogen and oxygen atoms in total. The van der Waals surface area contributed by atoms with Crippen molar-refractivity contribution in [3.63, 3.8) is 0 Å². The molecule has 0 spiro atoms. The average Bonchev–Trinajstić information content (AvgIpc) is 2.39. The van der Waals surface area contributed by atoms with E-state index >= 15 is 0 Å². The van der Waals surface area contributed by atoms with Gasteiger partial charge in [-0.05, 0) is 25.5 Å². The minimum atomic E-state index is 0.105. The molecule has 1 aromatic rings. The van der Waals surface area contributed by atoms with E-state index in [0.29, 0.717) is 12.1 Å². The van der Waals surface area contributed by atoms with E-state index in [1.807, 2.05) is 25.3 Å². The van der Waals surface area contributed by atoms with Crippen LogP contribution in [0.2, 0.25) is 0 Å². The molecule has 0 bridgehead atoms. The molecule has 0 aliphatic carbocycles. The van der Waals surface area contributed by atoms with Gasteiger partial charge in [0, 0.05) is 19.5 Å². The maximum atomic E-state index is 11.5. The quantitative estimate of drug-likeness (QED) is 0.679. The fourth-order valence-electron chi connectivity index (χ4n) is 1.74. The molecule has 0 saturated heterocycles. The van der Waals surface area contributed by atoms with Gasteiger partial charge in [-0.25, -0.2) is 0 Å². The van der Waals surface area contributed by atoms with E-state index in [4.69, 9.17) is 0 Å². The number of Topliss-reactive ketones (excluding diaryl/α,β-unsaturated/α-hetero) is 1. The number of pyridine rings is 1. The molecular weight excluding hydrogens is 212 g/mol. The Bertz CT molecular complexity index is 346. The van der Waals surface area contributed by atoms with Crippen molar-refractivity contribution in [2.75, 3.05) is 18.0 Å². The van der Waals surface area contributed by atoms with Gasteiger partial charge >= 0.3 is 0 Å². The number of carbonyl (C=O) groups is 1. The van der Waals surface area contributed by atoms with Crippen LogP contribution in [0.5, 0.6) is 0 Å². The van der Waals surface area contributed by atoms with Crippen molar-refractivity contribution in [2.45, 2.75) is 40.0 Å². The van der Waals surface area contributed by atoms with Crippen LogP contribution in [0, 0.1) is 0 Å². The smallest absolute Gasteiger partial charge is 0.180 e. The van der Waals surface area contributed by atoms with Crippen LogP contribution in [-0.2, 0) is 0 Å². The summed E-state index contributed by atoms with van der Waals surface area (Å²) in [7, 11) is 0. The molecular formula is C14H22N2O. The van der Waals surface area contributed by atoms with Gasteiger partial charge in [-0.3, -0.25) is 9.78 Å². The monoisotopic (exact) mass is 234 g/mol. The summed E-state index contributed by atoms with van der Waals surface area (Å²) in [5, 5.41) is 0. The van der Waals surface area contributed by atoms with Crippen LogP contribution in [0.15, 0.2) is 18.3 Å². The lowest BCUT2D eigenvalue weighted by Crippen LogP contribution is -2.24. The van der Waals surface area contributed by atoms with Crippen molar-refractivity contribution in [2.24, 2.45) is 0 Å². The molecule has 94 valence electrons. The van der Waals surface area contributed by atoms with Gasteiger partial charge in [-0.2, -0.15) is 0 Å². The van der Waals surface area contributed by atoms with E-state index in [0.717, 1.165) is 18.8 Å². The van der Waals surface area contributed by atoms with Crippen molar-refractivity contribution < 1.29 is 4.79 Å². The number of rotatable bonds is 7. The third-order valence-electron chi connectivity index (χ3n) is 2.88. The Morgan fingerprint density at radius 2 is 2.06 bits per heavy atom. The van der Waals surface area contributed by atoms with Crippen LogP contribution in [0.3, 0.4) is 0 Å². The SMILES string of the molecule is CCCCN(CC)c1ccc(C(=O)CC)nc1. The largest absolute Gasteiger partial charge is 0.371 e. The zero-order valence-corrected chi connectivity index (χ0v) is 11.1. The Kier molecular flexibility index (Phi) is 5.67. The molecule has 1 aromatic heterocycles. The summed E-state index contributed by atoms with van der Waals surface area (Å²) in [5.74, 6) is 0.105. The molecule has 0 saturated carbocycles. The van der Waals surface area contributed by atoms with E-state index in [1.165, 1.54) is 12.8 Å². The van der Waals surface area contributed by atoms with Crippen molar-refractivity contribution >= 4 is 11.5 Å². The topological polar surface area (TPSA) is 33.2 Å². The normalized spacial score (nSPS) is 10.3. The molecule has 0 atom stereocenters. The molecule has 0 amide bonds. The summed E-state index contributed by atoms with van der Waals surface area (Å²) in [5.41, 5.74) is 1.68. The minimum Gasteiger partial charge on any atom is -0.371 e. The maximum Gasteiger partial charge on any atom is 0.180 e. The second kappa shape index (κ2) is 7.05. The van der Waals surface area contributed by atoms with Crippen molar-refractivity contribution in [3.8, 4) is 0 Å². The molecule has 0 aliphatic heterocycles. The van der Waals surface area contributed by atoms with Gasteiger partial charge in [0.25, 0.3) is 0 Å². The highest BCUT2D eigenvalue weighted by Crippen LogP contribution is 2.14. The average molecular weight is 234 g/mol. The Hall–Kier alpha value is -1.38. The van der Waals surface area contributed by atoms with Crippen LogP contribution in [0.4, 0.5) is 5.69 Å². The summed E-state index contributed by atoms with van der Waals surface area (Å²) in [6, 6.07) is 3.82. The zero-order chi connectivity index (χ0) is 12.7. The summed E-state index contributed by atoms with van der Waals surface area (Å²) in [6.07, 6.45) is 4.70. The number of aromatic nitrogens is 1. The number of carbonyl (C=O) groups excluding carboxylic acids is 1. The first-order valence-electron chi connectivity index (χ1n) is 6.47. The van der Waals surface area contributed by atoms with Crippen molar-refractivity contribution in [1.29, 1.82) is 0 Å². The molecule has 3 heteroatoms. The maximum absolute atomic E-state index is 11.5. The van der Waals surface area contributed by atoms with Gasteiger partial charge < -0.3 is 4.90 Å². The van der Waals surface area contributed by atoms with Crippen molar-refractivity contribution in [1.82, 2.24) is 4.98 Å². The van der Waals surface area contributed by atoms with Crippen LogP contribution in [0.1, 0.15) is 50.5 Å². The molecule has 0 aromatic carbocycles. The molecule has 17 heavy (non-hydrogen) atoms. The highest BCUT2D eigenvalue weighted by Gasteiger charge is 2.07. The van der Waals surface area contributed by atoms with E-state index < -0.39 is 0 Å². The first-order chi connectivity index (χ1) is 8.22. The molecule has 0 fully saturated rings. The van der Waals surface area contributed by atoms with Gasteiger partial charge in [0.1, 0.15) is 5.69 Å². The number of unbranched alkanes of at least 4 members (excludes halogenated alkanes) is 1. The van der Waals surface area contributed by atoms with Gasteiger partial charge in [0.15, 0.2) is 5.78 Å². The Balaban J connectivity index is 2.74. The number of nitrogens with zero attached hydrogens (tertiary/aromatic N) is 2. The minimum absolute atomic E-state index is 0.105. The number of hydrogen-bond acceptors (Lipinski definition) is 3. The molecule has 1 rings (SSSR count). The van der Waals surface area contributed by atoms with Crippen LogP contribution in [0.25, 0.3) is 0 Å².